The highest BCUT2D eigenvalue weighted by Gasteiger charge is 2.05. The van der Waals surface area contributed by atoms with E-state index in [-0.39, 0.29) is 0 Å². The largest absolute Gasteiger partial charge is 0.381 e. The van der Waals surface area contributed by atoms with Crippen LogP contribution in [0.4, 0.5) is 0 Å². The van der Waals surface area contributed by atoms with Crippen molar-refractivity contribution in [2.75, 3.05) is 19.0 Å². The van der Waals surface area contributed by atoms with Crippen LogP contribution in [0.1, 0.15) is 65.2 Å². The highest BCUT2D eigenvalue weighted by Crippen LogP contribution is 2.13. The van der Waals surface area contributed by atoms with E-state index in [1.807, 2.05) is 0 Å². The molecule has 1 nitrogen and oxygen atoms in total. The summed E-state index contributed by atoms with van der Waals surface area (Å²) in [6, 6.07) is 0. The first-order chi connectivity index (χ1) is 7.85. The molecule has 1 unspecified atom stereocenters. The molecule has 0 aliphatic carbocycles. The van der Waals surface area contributed by atoms with Crippen molar-refractivity contribution in [3.8, 4) is 0 Å². The lowest BCUT2D eigenvalue weighted by molar-refractivity contribution is 0.0909. The number of hydrogen-bond acceptors (Lipinski definition) is 2. The fourth-order valence-electron chi connectivity index (χ4n) is 1.82. The van der Waals surface area contributed by atoms with Gasteiger partial charge in [0.15, 0.2) is 0 Å². The molecule has 0 radical (unpaired) electrons. The summed E-state index contributed by atoms with van der Waals surface area (Å²) in [5, 5.41) is 0. The van der Waals surface area contributed by atoms with Crippen molar-refractivity contribution in [1.29, 1.82) is 0 Å². The van der Waals surface area contributed by atoms with E-state index in [2.05, 4.69) is 26.5 Å². The molecule has 0 aliphatic rings. The summed E-state index contributed by atoms with van der Waals surface area (Å²) in [4.78, 5) is 0. The summed E-state index contributed by atoms with van der Waals surface area (Å²) in [7, 11) is 0. The van der Waals surface area contributed by atoms with Gasteiger partial charge in [-0.3, -0.25) is 0 Å². The molecule has 0 aromatic heterocycles. The fraction of sp³-hybridized carbons (Fsp3) is 1.00. The molecule has 0 aromatic carbocycles. The minimum atomic E-state index is 0.789. The van der Waals surface area contributed by atoms with Crippen LogP contribution < -0.4 is 0 Å². The van der Waals surface area contributed by atoms with Crippen LogP contribution in [0.15, 0.2) is 0 Å². The topological polar surface area (TPSA) is 9.23 Å². The molecule has 16 heavy (non-hydrogen) atoms. The molecule has 0 aliphatic heterocycles. The zero-order valence-electron chi connectivity index (χ0n) is 11.2. The molecule has 0 fully saturated rings. The molecule has 98 valence electrons. The average Bonchev–Trinajstić information content (AvgIpc) is 2.32. The van der Waals surface area contributed by atoms with Gasteiger partial charge >= 0.3 is 0 Å². The van der Waals surface area contributed by atoms with Gasteiger partial charge in [0.2, 0.25) is 0 Å². The second-order valence-corrected chi connectivity index (χ2v) is 5.08. The zero-order chi connectivity index (χ0) is 12.1. The molecule has 0 amide bonds. The zero-order valence-corrected chi connectivity index (χ0v) is 12.1. The van der Waals surface area contributed by atoms with Crippen LogP contribution in [0.2, 0.25) is 0 Å². The summed E-state index contributed by atoms with van der Waals surface area (Å²) in [5.41, 5.74) is 0. The van der Waals surface area contributed by atoms with Crippen molar-refractivity contribution in [3.05, 3.63) is 0 Å². The molecule has 2 heteroatoms. The van der Waals surface area contributed by atoms with Crippen molar-refractivity contribution in [2.24, 2.45) is 5.92 Å². The molecule has 0 saturated carbocycles. The standard InChI is InChI=1S/C14H30OS/c1-3-5-10-14(4-2)13-15-11-8-6-7-9-12-16/h14,16H,3-13H2,1-2H3. The maximum atomic E-state index is 5.74. The number of unbranched alkanes of at least 4 members (excludes halogenated alkanes) is 4. The third-order valence-electron chi connectivity index (χ3n) is 3.09. The van der Waals surface area contributed by atoms with Crippen LogP contribution in [0.5, 0.6) is 0 Å². The minimum absolute atomic E-state index is 0.789. The van der Waals surface area contributed by atoms with Gasteiger partial charge in [-0.1, -0.05) is 46.0 Å². The summed E-state index contributed by atoms with van der Waals surface area (Å²) in [5.74, 6) is 1.81. The van der Waals surface area contributed by atoms with Crippen molar-refractivity contribution >= 4 is 12.6 Å². The third kappa shape index (κ3) is 10.8. The Morgan fingerprint density at radius 1 is 1.00 bits per heavy atom. The molecule has 0 N–H and O–H groups in total. The van der Waals surface area contributed by atoms with Crippen molar-refractivity contribution in [2.45, 2.75) is 65.2 Å². The van der Waals surface area contributed by atoms with Gasteiger partial charge in [-0.05, 0) is 30.9 Å². The molecular formula is C14H30OS. The average molecular weight is 246 g/mol. The van der Waals surface area contributed by atoms with Gasteiger partial charge in [0.05, 0.1) is 0 Å². The highest BCUT2D eigenvalue weighted by molar-refractivity contribution is 7.80. The third-order valence-corrected chi connectivity index (χ3v) is 3.41. The van der Waals surface area contributed by atoms with Gasteiger partial charge in [-0.25, -0.2) is 0 Å². The summed E-state index contributed by atoms with van der Waals surface area (Å²) in [6.07, 6.45) is 10.3. The van der Waals surface area contributed by atoms with Crippen LogP contribution in [0.25, 0.3) is 0 Å². The Bertz CT molecular complexity index is 128. The Labute approximate surface area is 108 Å². The van der Waals surface area contributed by atoms with Crippen LogP contribution in [0, 0.1) is 5.92 Å². The van der Waals surface area contributed by atoms with E-state index in [9.17, 15) is 0 Å². The smallest absolute Gasteiger partial charge is 0.0494 e. The highest BCUT2D eigenvalue weighted by atomic mass is 32.1. The molecule has 0 saturated heterocycles. The van der Waals surface area contributed by atoms with Crippen LogP contribution >= 0.6 is 12.6 Å². The maximum Gasteiger partial charge on any atom is 0.0494 e. The second kappa shape index (κ2) is 13.4. The number of thiol groups is 1. The van der Waals surface area contributed by atoms with Gasteiger partial charge in [0.1, 0.15) is 0 Å². The van der Waals surface area contributed by atoms with Crippen molar-refractivity contribution in [3.63, 3.8) is 0 Å². The lowest BCUT2D eigenvalue weighted by Crippen LogP contribution is -2.09. The lowest BCUT2D eigenvalue weighted by Gasteiger charge is -2.14. The van der Waals surface area contributed by atoms with Crippen LogP contribution in [-0.2, 0) is 4.74 Å². The SMILES string of the molecule is CCCCC(CC)COCCCCCCS. The number of ether oxygens (including phenoxy) is 1. The number of hydrogen-bond donors (Lipinski definition) is 1. The normalized spacial score (nSPS) is 12.9. The van der Waals surface area contributed by atoms with E-state index < -0.39 is 0 Å². The Kier molecular flexibility index (Phi) is 13.6. The fourth-order valence-corrected chi connectivity index (χ4v) is 2.04. The van der Waals surface area contributed by atoms with E-state index in [1.165, 1.54) is 51.4 Å². The van der Waals surface area contributed by atoms with Crippen LogP contribution in [0.3, 0.4) is 0 Å². The van der Waals surface area contributed by atoms with E-state index in [0.717, 1.165) is 24.9 Å². The Hall–Kier alpha value is 0.310. The lowest BCUT2D eigenvalue weighted by atomic mass is 10.0. The van der Waals surface area contributed by atoms with Gasteiger partial charge < -0.3 is 4.74 Å². The summed E-state index contributed by atoms with van der Waals surface area (Å²) >= 11 is 4.20. The van der Waals surface area contributed by atoms with Crippen LogP contribution in [-0.4, -0.2) is 19.0 Å². The van der Waals surface area contributed by atoms with E-state index >= 15 is 0 Å². The summed E-state index contributed by atoms with van der Waals surface area (Å²) in [6.45, 7) is 6.46. The van der Waals surface area contributed by atoms with Crippen molar-refractivity contribution in [1.82, 2.24) is 0 Å². The molecule has 0 heterocycles. The predicted molar refractivity (Wildman–Crippen MR) is 76.4 cm³/mol. The van der Waals surface area contributed by atoms with E-state index in [1.54, 1.807) is 0 Å². The van der Waals surface area contributed by atoms with E-state index in [4.69, 9.17) is 4.74 Å². The first kappa shape index (κ1) is 16.3. The predicted octanol–water partition coefficient (Wildman–Crippen LogP) is 4.71. The molecule has 1 atom stereocenters. The maximum absolute atomic E-state index is 5.74. The Morgan fingerprint density at radius 2 is 1.75 bits per heavy atom. The first-order valence-corrected chi connectivity index (χ1v) is 7.66. The van der Waals surface area contributed by atoms with Gasteiger partial charge in [-0.15, -0.1) is 0 Å². The monoisotopic (exact) mass is 246 g/mol. The van der Waals surface area contributed by atoms with Gasteiger partial charge in [0, 0.05) is 13.2 Å². The Morgan fingerprint density at radius 3 is 2.38 bits per heavy atom. The first-order valence-electron chi connectivity index (χ1n) is 7.03. The molecule has 0 rings (SSSR count). The molecule has 0 aromatic rings. The molecule has 0 spiro atoms. The van der Waals surface area contributed by atoms with Crippen molar-refractivity contribution < 1.29 is 4.74 Å². The van der Waals surface area contributed by atoms with E-state index in [0.29, 0.717) is 0 Å². The quantitative estimate of drug-likeness (QED) is 0.387. The summed E-state index contributed by atoms with van der Waals surface area (Å²) < 4.78 is 5.74. The molecular weight excluding hydrogens is 216 g/mol. The Balaban J connectivity index is 3.20. The second-order valence-electron chi connectivity index (χ2n) is 4.63. The minimum Gasteiger partial charge on any atom is -0.381 e. The van der Waals surface area contributed by atoms with Gasteiger partial charge in [0.25, 0.3) is 0 Å². The van der Waals surface area contributed by atoms with Gasteiger partial charge in [-0.2, -0.15) is 12.6 Å². The number of rotatable bonds is 12. The molecule has 0 bridgehead atoms.